The van der Waals surface area contributed by atoms with Crippen LogP contribution in [-0.4, -0.2) is 12.5 Å². The van der Waals surface area contributed by atoms with E-state index in [2.05, 4.69) is 10.1 Å². The maximum absolute atomic E-state index is 13.3. The minimum atomic E-state index is -2.34. The molecule has 2 rings (SSSR count). The number of nitrogens with one attached hydrogen (secondary N) is 1. The van der Waals surface area contributed by atoms with Crippen LogP contribution in [0.3, 0.4) is 0 Å². The molecule has 0 radical (unpaired) electrons. The fourth-order valence-corrected chi connectivity index (χ4v) is 1.61. The summed E-state index contributed by atoms with van der Waals surface area (Å²) in [5, 5.41) is 2.12. The molecule has 0 aliphatic heterocycles. The molecule has 0 unspecified atom stereocenters. The van der Waals surface area contributed by atoms with Gasteiger partial charge in [0, 0.05) is 5.69 Å². The number of hydrogen-bond acceptors (Lipinski definition) is 2. The van der Waals surface area contributed by atoms with E-state index in [1.807, 2.05) is 0 Å². The van der Waals surface area contributed by atoms with Gasteiger partial charge in [0.2, 0.25) is 29.1 Å². The Balaban J connectivity index is 2.11. The highest BCUT2D eigenvalue weighted by atomic mass is 19.2. The Labute approximate surface area is 125 Å². The highest BCUT2D eigenvalue weighted by Gasteiger charge is 2.27. The van der Waals surface area contributed by atoms with E-state index in [9.17, 15) is 31.1 Å². The van der Waals surface area contributed by atoms with Crippen molar-refractivity contribution >= 4 is 11.6 Å². The number of benzene rings is 2. The van der Waals surface area contributed by atoms with Crippen LogP contribution >= 0.6 is 0 Å². The van der Waals surface area contributed by atoms with Gasteiger partial charge in [0.1, 0.15) is 5.82 Å². The van der Waals surface area contributed by atoms with Crippen LogP contribution in [0.25, 0.3) is 0 Å². The van der Waals surface area contributed by atoms with E-state index in [0.29, 0.717) is 0 Å². The van der Waals surface area contributed by atoms with Crippen molar-refractivity contribution in [3.05, 3.63) is 59.2 Å². The van der Waals surface area contributed by atoms with Crippen LogP contribution in [-0.2, 0) is 4.79 Å². The van der Waals surface area contributed by atoms with Gasteiger partial charge in [0.15, 0.2) is 12.4 Å². The third-order valence-corrected chi connectivity index (χ3v) is 2.63. The zero-order valence-electron chi connectivity index (χ0n) is 11.1. The van der Waals surface area contributed by atoms with E-state index in [1.54, 1.807) is 0 Å². The summed E-state index contributed by atoms with van der Waals surface area (Å²) in [4.78, 5) is 11.5. The molecular weight excluding hydrogens is 328 g/mol. The van der Waals surface area contributed by atoms with Gasteiger partial charge in [-0.25, -0.2) is 17.6 Å². The van der Waals surface area contributed by atoms with Gasteiger partial charge in [0.05, 0.1) is 0 Å². The fourth-order valence-electron chi connectivity index (χ4n) is 1.61. The molecule has 0 aromatic heterocycles. The molecule has 3 nitrogen and oxygen atoms in total. The molecule has 0 heterocycles. The van der Waals surface area contributed by atoms with E-state index >= 15 is 0 Å². The molecule has 0 aliphatic rings. The van der Waals surface area contributed by atoms with Crippen molar-refractivity contribution in [1.82, 2.24) is 0 Å². The number of anilines is 1. The van der Waals surface area contributed by atoms with Crippen molar-refractivity contribution in [1.29, 1.82) is 0 Å². The second-order valence-corrected chi connectivity index (χ2v) is 4.25. The van der Waals surface area contributed by atoms with Gasteiger partial charge in [-0.2, -0.15) is 8.78 Å². The summed E-state index contributed by atoms with van der Waals surface area (Å²) < 4.78 is 82.6. The number of ether oxygens (including phenoxy) is 1. The quantitative estimate of drug-likeness (QED) is 0.527. The molecule has 1 N–H and O–H groups in total. The lowest BCUT2D eigenvalue weighted by atomic mass is 10.2. The number of carbonyl (C=O) groups excluding carboxylic acids is 1. The zero-order chi connectivity index (χ0) is 17.1. The lowest BCUT2D eigenvalue weighted by Crippen LogP contribution is -2.21. The maximum atomic E-state index is 13.3. The molecule has 0 aliphatic carbocycles. The average Bonchev–Trinajstić information content (AvgIpc) is 2.51. The second kappa shape index (κ2) is 6.59. The molecule has 23 heavy (non-hydrogen) atoms. The molecular formula is C14H7F6NO2. The van der Waals surface area contributed by atoms with E-state index in [-0.39, 0.29) is 5.69 Å². The van der Waals surface area contributed by atoms with Crippen molar-refractivity contribution in [2.75, 3.05) is 11.9 Å². The highest BCUT2D eigenvalue weighted by Crippen LogP contribution is 2.29. The number of carbonyl (C=O) groups is 1. The van der Waals surface area contributed by atoms with Gasteiger partial charge < -0.3 is 10.1 Å². The molecule has 1 amide bonds. The number of rotatable bonds is 4. The van der Waals surface area contributed by atoms with Gasteiger partial charge in [-0.15, -0.1) is 0 Å². The number of hydrogen-bond donors (Lipinski definition) is 1. The van der Waals surface area contributed by atoms with Crippen LogP contribution < -0.4 is 10.1 Å². The Morgan fingerprint density at radius 1 is 0.913 bits per heavy atom. The summed E-state index contributed by atoms with van der Waals surface area (Å²) in [6, 6.07) is 4.67. The smallest absolute Gasteiger partial charge is 0.262 e. The first kappa shape index (κ1) is 16.7. The summed E-state index contributed by atoms with van der Waals surface area (Å²) in [6.45, 7) is -1.05. The normalized spacial score (nSPS) is 10.5. The number of halogens is 6. The molecule has 9 heteroatoms. The van der Waals surface area contributed by atoms with Crippen LogP contribution in [0.2, 0.25) is 0 Å². The van der Waals surface area contributed by atoms with Crippen LogP contribution in [0.5, 0.6) is 5.75 Å². The Bertz CT molecular complexity index is 736. The van der Waals surface area contributed by atoms with Crippen LogP contribution in [0.15, 0.2) is 24.3 Å². The van der Waals surface area contributed by atoms with Crippen molar-refractivity contribution in [3.8, 4) is 5.75 Å². The summed E-state index contributed by atoms with van der Waals surface area (Å²) in [7, 11) is 0. The van der Waals surface area contributed by atoms with E-state index in [0.717, 1.165) is 12.1 Å². The molecule has 0 spiro atoms. The molecule has 2 aromatic rings. The van der Waals surface area contributed by atoms with Gasteiger partial charge in [-0.3, -0.25) is 4.79 Å². The first-order valence-electron chi connectivity index (χ1n) is 6.01. The third kappa shape index (κ3) is 3.55. The standard InChI is InChI=1S/C14H7F6NO2/c15-6-2-1-3-7(4-6)21-8(22)5-23-14-12(19)10(17)9(16)11(18)13(14)20/h1-4H,5H2,(H,21,22). The SMILES string of the molecule is O=C(COc1c(F)c(F)c(F)c(F)c1F)Nc1cccc(F)c1. The minimum Gasteiger partial charge on any atom is -0.477 e. The van der Waals surface area contributed by atoms with Crippen LogP contribution in [0.1, 0.15) is 0 Å². The first-order valence-corrected chi connectivity index (χ1v) is 6.01. The Hall–Kier alpha value is -2.71. The van der Waals surface area contributed by atoms with Crippen molar-refractivity contribution in [2.24, 2.45) is 0 Å². The predicted octanol–water partition coefficient (Wildman–Crippen LogP) is 3.54. The van der Waals surface area contributed by atoms with E-state index in [4.69, 9.17) is 0 Å². The molecule has 0 bridgehead atoms. The van der Waals surface area contributed by atoms with Crippen molar-refractivity contribution in [3.63, 3.8) is 0 Å². The first-order chi connectivity index (χ1) is 10.8. The van der Waals surface area contributed by atoms with E-state index < -0.39 is 53.2 Å². The lowest BCUT2D eigenvalue weighted by molar-refractivity contribution is -0.118. The predicted molar refractivity (Wildman–Crippen MR) is 66.8 cm³/mol. The summed E-state index contributed by atoms with van der Waals surface area (Å²) in [6.07, 6.45) is 0. The molecule has 0 fully saturated rings. The van der Waals surface area contributed by atoms with Crippen molar-refractivity contribution in [2.45, 2.75) is 0 Å². The largest absolute Gasteiger partial charge is 0.477 e. The van der Waals surface area contributed by atoms with Crippen LogP contribution in [0.4, 0.5) is 32.0 Å². The summed E-state index contributed by atoms with van der Waals surface area (Å²) >= 11 is 0. The highest BCUT2D eigenvalue weighted by molar-refractivity contribution is 5.91. The Kier molecular flexibility index (Phi) is 4.77. The molecule has 0 atom stereocenters. The zero-order valence-corrected chi connectivity index (χ0v) is 11.1. The molecule has 0 saturated carbocycles. The van der Waals surface area contributed by atoms with E-state index in [1.165, 1.54) is 12.1 Å². The van der Waals surface area contributed by atoms with Crippen LogP contribution in [0, 0.1) is 34.9 Å². The average molecular weight is 335 g/mol. The minimum absolute atomic E-state index is 0.0241. The Morgan fingerprint density at radius 2 is 1.48 bits per heavy atom. The molecule has 122 valence electrons. The topological polar surface area (TPSA) is 38.3 Å². The second-order valence-electron chi connectivity index (χ2n) is 4.25. The Morgan fingerprint density at radius 3 is 2.04 bits per heavy atom. The summed E-state index contributed by atoms with van der Waals surface area (Å²) in [5.41, 5.74) is 0.0241. The fraction of sp³-hybridized carbons (Fsp3) is 0.0714. The molecule has 0 saturated heterocycles. The van der Waals surface area contributed by atoms with Crippen molar-refractivity contribution < 1.29 is 35.9 Å². The third-order valence-electron chi connectivity index (χ3n) is 2.63. The summed E-state index contributed by atoms with van der Waals surface area (Å²) in [5.74, 6) is -14.3. The lowest BCUT2D eigenvalue weighted by Gasteiger charge is -2.10. The van der Waals surface area contributed by atoms with Gasteiger partial charge in [-0.05, 0) is 18.2 Å². The molecule has 2 aromatic carbocycles. The maximum Gasteiger partial charge on any atom is 0.262 e. The number of amides is 1. The van der Waals surface area contributed by atoms with Gasteiger partial charge in [0.25, 0.3) is 5.91 Å². The van der Waals surface area contributed by atoms with Gasteiger partial charge >= 0.3 is 0 Å². The van der Waals surface area contributed by atoms with Gasteiger partial charge in [-0.1, -0.05) is 6.07 Å². The monoisotopic (exact) mass is 335 g/mol.